The second-order valence-corrected chi connectivity index (χ2v) is 4.25. The summed E-state index contributed by atoms with van der Waals surface area (Å²) in [5.41, 5.74) is -2.64. The van der Waals surface area contributed by atoms with Gasteiger partial charge in [0.1, 0.15) is 5.60 Å². The van der Waals surface area contributed by atoms with Crippen LogP contribution in [0.4, 0.5) is 0 Å². The maximum atomic E-state index is 11.8. The normalized spacial score (nSPS) is 24.2. The number of methoxy groups -OCH3 is 1. The summed E-state index contributed by atoms with van der Waals surface area (Å²) in [6.07, 6.45) is 2.72. The monoisotopic (exact) mass is 229 g/mol. The van der Waals surface area contributed by atoms with Gasteiger partial charge >= 0.3 is 11.7 Å². The summed E-state index contributed by atoms with van der Waals surface area (Å²) in [6, 6.07) is 0. The Kier molecular flexibility index (Phi) is 3.35. The number of aliphatic imine (C=N–C) groups is 1. The molecule has 1 N–H and O–H groups in total. The SMILES string of the molecule is COC1=CC=NC1(OO)C(=O)OC(C)(C)C. The molecule has 0 saturated carbocycles. The lowest BCUT2D eigenvalue weighted by Crippen LogP contribution is -2.44. The largest absolute Gasteiger partial charge is 0.495 e. The fraction of sp³-hybridized carbons (Fsp3) is 0.600. The first-order chi connectivity index (χ1) is 7.35. The fourth-order valence-corrected chi connectivity index (χ4v) is 1.20. The highest BCUT2D eigenvalue weighted by Gasteiger charge is 2.50. The van der Waals surface area contributed by atoms with E-state index in [0.717, 1.165) is 0 Å². The second-order valence-electron chi connectivity index (χ2n) is 4.25. The zero-order valence-corrected chi connectivity index (χ0v) is 9.68. The number of hydrogen-bond acceptors (Lipinski definition) is 6. The summed E-state index contributed by atoms with van der Waals surface area (Å²) in [6.45, 7) is 5.10. The Morgan fingerprint density at radius 3 is 2.56 bits per heavy atom. The zero-order chi connectivity index (χ0) is 12.4. The molecule has 1 unspecified atom stereocenters. The van der Waals surface area contributed by atoms with Crippen molar-refractivity contribution < 1.29 is 24.4 Å². The van der Waals surface area contributed by atoms with Crippen molar-refractivity contribution in [1.29, 1.82) is 0 Å². The summed E-state index contributed by atoms with van der Waals surface area (Å²) in [5, 5.41) is 8.85. The Hall–Kier alpha value is -1.40. The Bertz CT molecular complexity index is 342. The van der Waals surface area contributed by atoms with Gasteiger partial charge in [-0.25, -0.2) is 15.0 Å². The van der Waals surface area contributed by atoms with E-state index in [1.54, 1.807) is 20.8 Å². The number of carbonyl (C=O) groups is 1. The van der Waals surface area contributed by atoms with Crippen LogP contribution in [0.25, 0.3) is 0 Å². The van der Waals surface area contributed by atoms with Crippen molar-refractivity contribution >= 4 is 12.2 Å². The molecule has 0 amide bonds. The van der Waals surface area contributed by atoms with Crippen LogP contribution in [0, 0.1) is 0 Å². The lowest BCUT2D eigenvalue weighted by Gasteiger charge is -2.27. The lowest BCUT2D eigenvalue weighted by atomic mass is 10.1. The molecule has 90 valence electrons. The summed E-state index contributed by atoms with van der Waals surface area (Å²) >= 11 is 0. The Balaban J connectivity index is 2.94. The Labute approximate surface area is 93.4 Å². The van der Waals surface area contributed by atoms with Crippen molar-refractivity contribution in [2.24, 2.45) is 4.99 Å². The van der Waals surface area contributed by atoms with Crippen molar-refractivity contribution in [1.82, 2.24) is 0 Å². The predicted octanol–water partition coefficient (Wildman–Crippen LogP) is 1.13. The molecule has 0 bridgehead atoms. The van der Waals surface area contributed by atoms with Crippen LogP contribution in [0.3, 0.4) is 0 Å². The molecule has 6 nitrogen and oxygen atoms in total. The van der Waals surface area contributed by atoms with E-state index in [9.17, 15) is 4.79 Å². The third kappa shape index (κ3) is 2.23. The van der Waals surface area contributed by atoms with Gasteiger partial charge in [0.2, 0.25) is 0 Å². The van der Waals surface area contributed by atoms with Crippen LogP contribution in [-0.4, -0.2) is 35.9 Å². The molecule has 0 saturated heterocycles. The van der Waals surface area contributed by atoms with Crippen molar-refractivity contribution in [3.8, 4) is 0 Å². The summed E-state index contributed by atoms with van der Waals surface area (Å²) in [4.78, 5) is 19.7. The second kappa shape index (κ2) is 4.23. The van der Waals surface area contributed by atoms with Gasteiger partial charge in [0.15, 0.2) is 5.76 Å². The van der Waals surface area contributed by atoms with Crippen LogP contribution >= 0.6 is 0 Å². The van der Waals surface area contributed by atoms with Gasteiger partial charge in [-0.1, -0.05) is 0 Å². The van der Waals surface area contributed by atoms with E-state index in [1.165, 1.54) is 19.4 Å². The van der Waals surface area contributed by atoms with Gasteiger partial charge in [-0.15, -0.1) is 0 Å². The number of allylic oxidation sites excluding steroid dienone is 1. The molecule has 1 aliphatic heterocycles. The van der Waals surface area contributed by atoms with Crippen molar-refractivity contribution in [3.05, 3.63) is 11.8 Å². The molecular weight excluding hydrogens is 214 g/mol. The van der Waals surface area contributed by atoms with Gasteiger partial charge in [0.25, 0.3) is 0 Å². The van der Waals surface area contributed by atoms with E-state index < -0.39 is 17.3 Å². The van der Waals surface area contributed by atoms with Crippen molar-refractivity contribution in [3.63, 3.8) is 0 Å². The standard InChI is InChI=1S/C10H15NO5/c1-9(2,3)15-8(12)10(16-13)7(14-4)5-6-11-10/h5-6,13H,1-4H3. The average molecular weight is 229 g/mol. The number of nitrogens with zero attached hydrogens (tertiary/aromatic N) is 1. The van der Waals surface area contributed by atoms with Gasteiger partial charge in [-0.2, -0.15) is 4.89 Å². The molecule has 0 aromatic rings. The Morgan fingerprint density at radius 2 is 2.12 bits per heavy atom. The van der Waals surface area contributed by atoms with E-state index in [1.807, 2.05) is 0 Å². The maximum Gasteiger partial charge on any atom is 0.373 e. The third-order valence-corrected chi connectivity index (χ3v) is 1.84. The van der Waals surface area contributed by atoms with Crippen LogP contribution in [0.5, 0.6) is 0 Å². The molecule has 0 spiro atoms. The molecule has 6 heteroatoms. The quantitative estimate of drug-likeness (QED) is 0.446. The van der Waals surface area contributed by atoms with Gasteiger partial charge in [-0.05, 0) is 26.8 Å². The number of ether oxygens (including phenoxy) is 2. The Morgan fingerprint density at radius 1 is 1.50 bits per heavy atom. The molecule has 0 radical (unpaired) electrons. The van der Waals surface area contributed by atoms with Crippen LogP contribution < -0.4 is 0 Å². The highest BCUT2D eigenvalue weighted by atomic mass is 17.1. The minimum Gasteiger partial charge on any atom is -0.495 e. The summed E-state index contributed by atoms with van der Waals surface area (Å²) in [7, 11) is 1.35. The fourth-order valence-electron chi connectivity index (χ4n) is 1.20. The van der Waals surface area contributed by atoms with Crippen molar-refractivity contribution in [2.45, 2.75) is 32.1 Å². The first-order valence-corrected chi connectivity index (χ1v) is 4.72. The van der Waals surface area contributed by atoms with E-state index in [2.05, 4.69) is 9.88 Å². The number of carbonyl (C=O) groups excluding carboxylic acids is 1. The van der Waals surface area contributed by atoms with Crippen molar-refractivity contribution in [2.75, 3.05) is 7.11 Å². The first kappa shape index (κ1) is 12.7. The molecule has 1 heterocycles. The maximum absolute atomic E-state index is 11.8. The number of hydrogen-bond donors (Lipinski definition) is 1. The molecule has 0 fully saturated rings. The molecule has 0 aromatic carbocycles. The highest BCUT2D eigenvalue weighted by molar-refractivity contribution is 5.91. The lowest BCUT2D eigenvalue weighted by molar-refractivity contribution is -0.313. The van der Waals surface area contributed by atoms with E-state index >= 15 is 0 Å². The van der Waals surface area contributed by atoms with E-state index in [0.29, 0.717) is 0 Å². The molecule has 0 aliphatic carbocycles. The molecule has 1 aliphatic rings. The van der Waals surface area contributed by atoms with Gasteiger partial charge in [0, 0.05) is 6.21 Å². The zero-order valence-electron chi connectivity index (χ0n) is 9.68. The molecule has 1 rings (SSSR count). The van der Waals surface area contributed by atoms with Crippen LogP contribution in [0.15, 0.2) is 16.8 Å². The summed E-state index contributed by atoms with van der Waals surface area (Å²) in [5.74, 6) is -0.756. The smallest absolute Gasteiger partial charge is 0.373 e. The summed E-state index contributed by atoms with van der Waals surface area (Å²) < 4.78 is 9.99. The number of rotatable bonds is 3. The van der Waals surface area contributed by atoms with E-state index in [4.69, 9.17) is 14.7 Å². The highest BCUT2D eigenvalue weighted by Crippen LogP contribution is 2.30. The van der Waals surface area contributed by atoms with Gasteiger partial charge in [-0.3, -0.25) is 0 Å². The topological polar surface area (TPSA) is 77.4 Å². The predicted molar refractivity (Wildman–Crippen MR) is 55.9 cm³/mol. The van der Waals surface area contributed by atoms with Gasteiger partial charge in [0.05, 0.1) is 7.11 Å². The third-order valence-electron chi connectivity index (χ3n) is 1.84. The van der Waals surface area contributed by atoms with Crippen LogP contribution in [-0.2, 0) is 19.2 Å². The number of esters is 1. The first-order valence-electron chi connectivity index (χ1n) is 4.72. The molecule has 0 aromatic heterocycles. The average Bonchev–Trinajstić information content (AvgIpc) is 2.58. The van der Waals surface area contributed by atoms with E-state index in [-0.39, 0.29) is 5.76 Å². The van der Waals surface area contributed by atoms with Crippen LogP contribution in [0.2, 0.25) is 0 Å². The minimum atomic E-state index is -1.93. The molecular formula is C10H15NO5. The minimum absolute atomic E-state index is 0.0734. The van der Waals surface area contributed by atoms with Crippen LogP contribution in [0.1, 0.15) is 20.8 Å². The van der Waals surface area contributed by atoms with Gasteiger partial charge < -0.3 is 9.47 Å². The molecule has 16 heavy (non-hydrogen) atoms. The molecule has 1 atom stereocenters.